The highest BCUT2D eigenvalue weighted by atomic mass is 16.6. The van der Waals surface area contributed by atoms with Crippen LogP contribution in [0, 0.1) is 23.0 Å². The third-order valence-electron chi connectivity index (χ3n) is 3.46. The van der Waals surface area contributed by atoms with Gasteiger partial charge >= 0.3 is 0 Å². The first-order valence-electron chi connectivity index (χ1n) is 6.11. The lowest BCUT2D eigenvalue weighted by Crippen LogP contribution is -2.26. The summed E-state index contributed by atoms with van der Waals surface area (Å²) < 4.78 is 0. The molecule has 0 bridgehead atoms. The largest absolute Gasteiger partial charge is 0.312 e. The number of nitro benzene ring substituents is 1. The molecule has 0 heterocycles. The van der Waals surface area contributed by atoms with Crippen LogP contribution in [0.3, 0.4) is 0 Å². The number of aryl methyl sites for hydroxylation is 1. The van der Waals surface area contributed by atoms with Gasteiger partial charge in [0.05, 0.1) is 4.92 Å². The Balaban J connectivity index is 1.91. The van der Waals surface area contributed by atoms with Gasteiger partial charge in [0, 0.05) is 18.2 Å². The Morgan fingerprint density at radius 2 is 2.24 bits per heavy atom. The van der Waals surface area contributed by atoms with E-state index in [9.17, 15) is 10.1 Å². The summed E-state index contributed by atoms with van der Waals surface area (Å²) in [6.07, 6.45) is 3.99. The van der Waals surface area contributed by atoms with E-state index in [4.69, 9.17) is 0 Å². The average Bonchev–Trinajstić information content (AvgIpc) is 2.23. The van der Waals surface area contributed by atoms with E-state index >= 15 is 0 Å². The van der Waals surface area contributed by atoms with Crippen LogP contribution in [0.15, 0.2) is 18.2 Å². The minimum absolute atomic E-state index is 0.216. The summed E-state index contributed by atoms with van der Waals surface area (Å²) in [7, 11) is 0. The molecule has 0 atom stereocenters. The molecule has 0 aromatic heterocycles. The Morgan fingerprint density at radius 1 is 1.47 bits per heavy atom. The number of nitrogens with one attached hydrogen (secondary N) is 1. The van der Waals surface area contributed by atoms with Crippen LogP contribution in [0.1, 0.15) is 30.4 Å². The van der Waals surface area contributed by atoms with E-state index in [0.717, 1.165) is 30.1 Å². The van der Waals surface area contributed by atoms with E-state index in [0.29, 0.717) is 0 Å². The van der Waals surface area contributed by atoms with Crippen molar-refractivity contribution in [2.24, 2.45) is 5.92 Å². The lowest BCUT2D eigenvalue weighted by molar-refractivity contribution is -0.385. The van der Waals surface area contributed by atoms with E-state index in [1.807, 2.05) is 12.1 Å². The predicted octanol–water partition coefficient (Wildman–Crippen LogP) is 2.79. The van der Waals surface area contributed by atoms with Crippen LogP contribution in [0.25, 0.3) is 0 Å². The van der Waals surface area contributed by atoms with Gasteiger partial charge in [-0.15, -0.1) is 0 Å². The normalized spacial score (nSPS) is 15.6. The highest BCUT2D eigenvalue weighted by molar-refractivity contribution is 5.42. The van der Waals surface area contributed by atoms with Crippen LogP contribution in [0.5, 0.6) is 0 Å². The van der Waals surface area contributed by atoms with E-state index in [-0.39, 0.29) is 10.6 Å². The van der Waals surface area contributed by atoms with Crippen molar-refractivity contribution in [2.75, 3.05) is 6.54 Å². The Labute approximate surface area is 101 Å². The lowest BCUT2D eigenvalue weighted by Gasteiger charge is -2.25. The van der Waals surface area contributed by atoms with Gasteiger partial charge in [-0.05, 0) is 37.8 Å². The van der Waals surface area contributed by atoms with Crippen LogP contribution in [-0.2, 0) is 6.54 Å². The van der Waals surface area contributed by atoms with Gasteiger partial charge in [-0.2, -0.15) is 0 Å². The van der Waals surface area contributed by atoms with Crippen LogP contribution in [-0.4, -0.2) is 11.5 Å². The molecule has 17 heavy (non-hydrogen) atoms. The van der Waals surface area contributed by atoms with Gasteiger partial charge in [0.1, 0.15) is 0 Å². The van der Waals surface area contributed by atoms with Gasteiger partial charge in [-0.1, -0.05) is 18.6 Å². The first kappa shape index (κ1) is 12.0. The SMILES string of the molecule is Cc1ccc(CNCC2CCC2)cc1[N+](=O)[O-]. The molecule has 1 aromatic carbocycles. The second kappa shape index (κ2) is 5.27. The van der Waals surface area contributed by atoms with Crippen molar-refractivity contribution in [3.05, 3.63) is 39.4 Å². The maximum atomic E-state index is 10.8. The van der Waals surface area contributed by atoms with E-state index < -0.39 is 0 Å². The van der Waals surface area contributed by atoms with Gasteiger partial charge in [0.15, 0.2) is 0 Å². The van der Waals surface area contributed by atoms with Gasteiger partial charge < -0.3 is 5.32 Å². The monoisotopic (exact) mass is 234 g/mol. The average molecular weight is 234 g/mol. The summed E-state index contributed by atoms with van der Waals surface area (Å²) in [6.45, 7) is 3.52. The van der Waals surface area contributed by atoms with Crippen LogP contribution >= 0.6 is 0 Å². The summed E-state index contributed by atoms with van der Waals surface area (Å²) in [5.41, 5.74) is 1.92. The zero-order valence-corrected chi connectivity index (χ0v) is 10.1. The molecule has 0 spiro atoms. The van der Waals surface area contributed by atoms with Crippen molar-refractivity contribution < 1.29 is 4.92 Å². The lowest BCUT2D eigenvalue weighted by atomic mass is 9.85. The maximum absolute atomic E-state index is 10.8. The molecule has 0 radical (unpaired) electrons. The number of benzene rings is 1. The topological polar surface area (TPSA) is 55.2 Å². The Hall–Kier alpha value is -1.42. The standard InChI is InChI=1S/C13H18N2O2/c1-10-5-6-12(7-13(10)15(16)17)9-14-8-11-3-2-4-11/h5-7,11,14H,2-4,8-9H2,1H3. The third kappa shape index (κ3) is 3.03. The Morgan fingerprint density at radius 3 is 2.82 bits per heavy atom. The predicted molar refractivity (Wildman–Crippen MR) is 66.9 cm³/mol. The summed E-state index contributed by atoms with van der Waals surface area (Å²) in [5.74, 6) is 0.815. The van der Waals surface area contributed by atoms with Crippen molar-refractivity contribution in [3.63, 3.8) is 0 Å². The molecule has 1 aromatic rings. The van der Waals surface area contributed by atoms with Crippen LogP contribution < -0.4 is 5.32 Å². The molecular weight excluding hydrogens is 216 g/mol. The molecule has 0 unspecified atom stereocenters. The van der Waals surface area contributed by atoms with Crippen molar-refractivity contribution in [1.82, 2.24) is 5.32 Å². The number of nitro groups is 1. The first-order chi connectivity index (χ1) is 8.16. The molecule has 4 nitrogen and oxygen atoms in total. The summed E-state index contributed by atoms with van der Waals surface area (Å²) in [5, 5.41) is 14.2. The van der Waals surface area contributed by atoms with Crippen LogP contribution in [0.2, 0.25) is 0 Å². The Bertz CT molecular complexity index is 414. The van der Waals surface area contributed by atoms with E-state index in [1.165, 1.54) is 19.3 Å². The van der Waals surface area contributed by atoms with Crippen molar-refractivity contribution in [2.45, 2.75) is 32.7 Å². The smallest absolute Gasteiger partial charge is 0.272 e. The quantitative estimate of drug-likeness (QED) is 0.629. The minimum atomic E-state index is -0.315. The summed E-state index contributed by atoms with van der Waals surface area (Å²) in [4.78, 5) is 10.5. The Kier molecular flexibility index (Phi) is 3.74. The van der Waals surface area contributed by atoms with E-state index in [1.54, 1.807) is 13.0 Å². The fourth-order valence-corrected chi connectivity index (χ4v) is 2.08. The number of hydrogen-bond acceptors (Lipinski definition) is 3. The molecule has 1 aliphatic carbocycles. The molecule has 0 amide bonds. The third-order valence-corrected chi connectivity index (χ3v) is 3.46. The molecule has 1 fully saturated rings. The summed E-state index contributed by atoms with van der Waals surface area (Å²) >= 11 is 0. The van der Waals surface area contributed by atoms with Crippen LogP contribution in [0.4, 0.5) is 5.69 Å². The summed E-state index contributed by atoms with van der Waals surface area (Å²) in [6, 6.07) is 5.44. The molecule has 1 N–H and O–H groups in total. The zero-order chi connectivity index (χ0) is 12.3. The molecule has 2 rings (SSSR count). The van der Waals surface area contributed by atoms with Gasteiger partial charge in [0.2, 0.25) is 0 Å². The second-order valence-electron chi connectivity index (χ2n) is 4.81. The molecule has 0 saturated heterocycles. The minimum Gasteiger partial charge on any atom is -0.312 e. The highest BCUT2D eigenvalue weighted by Gasteiger charge is 2.16. The molecule has 0 aliphatic heterocycles. The highest BCUT2D eigenvalue weighted by Crippen LogP contribution is 2.25. The maximum Gasteiger partial charge on any atom is 0.272 e. The number of nitrogens with zero attached hydrogens (tertiary/aromatic N) is 1. The molecule has 1 saturated carbocycles. The molecule has 1 aliphatic rings. The van der Waals surface area contributed by atoms with E-state index in [2.05, 4.69) is 5.32 Å². The fourth-order valence-electron chi connectivity index (χ4n) is 2.08. The van der Waals surface area contributed by atoms with Gasteiger partial charge in [-0.3, -0.25) is 10.1 Å². The van der Waals surface area contributed by atoms with Crippen molar-refractivity contribution in [3.8, 4) is 0 Å². The zero-order valence-electron chi connectivity index (χ0n) is 10.1. The van der Waals surface area contributed by atoms with Crippen molar-refractivity contribution >= 4 is 5.69 Å². The van der Waals surface area contributed by atoms with Crippen molar-refractivity contribution in [1.29, 1.82) is 0 Å². The molecular formula is C13H18N2O2. The van der Waals surface area contributed by atoms with Gasteiger partial charge in [-0.25, -0.2) is 0 Å². The van der Waals surface area contributed by atoms with Gasteiger partial charge in [0.25, 0.3) is 5.69 Å². The second-order valence-corrected chi connectivity index (χ2v) is 4.81. The first-order valence-corrected chi connectivity index (χ1v) is 6.11. The molecule has 4 heteroatoms. The molecule has 92 valence electrons. The fraction of sp³-hybridized carbons (Fsp3) is 0.538. The number of hydrogen-bond donors (Lipinski definition) is 1. The number of rotatable bonds is 5.